The van der Waals surface area contributed by atoms with Gasteiger partial charge < -0.3 is 9.22 Å². The van der Waals surface area contributed by atoms with Gasteiger partial charge in [0.1, 0.15) is 23.3 Å². The van der Waals surface area contributed by atoms with Crippen LogP contribution in [0.4, 0.5) is 0 Å². The molecule has 0 aliphatic heterocycles. The molecule has 0 aromatic rings. The summed E-state index contributed by atoms with van der Waals surface area (Å²) in [6, 6.07) is 0. The fourth-order valence-corrected chi connectivity index (χ4v) is 2.40. The number of nitrogens with zero attached hydrogens (tertiary/aromatic N) is 1. The van der Waals surface area contributed by atoms with Crippen LogP contribution in [0.2, 0.25) is 0 Å². The van der Waals surface area contributed by atoms with Crippen molar-refractivity contribution in [1.82, 2.24) is 0 Å². The Morgan fingerprint density at radius 3 is 2.00 bits per heavy atom. The Morgan fingerprint density at radius 1 is 1.16 bits per heavy atom. The smallest absolute Gasteiger partial charge is 0.322 e. The predicted octanol–water partition coefficient (Wildman–Crippen LogP) is 2.39. The van der Waals surface area contributed by atoms with E-state index in [1.165, 1.54) is 0 Å². The lowest BCUT2D eigenvalue weighted by molar-refractivity contribution is -0.870. The summed E-state index contributed by atoms with van der Waals surface area (Å²) in [7, 11) is 6.13. The molecule has 0 rings (SSSR count). The molecule has 0 aromatic carbocycles. The van der Waals surface area contributed by atoms with E-state index >= 15 is 0 Å². The van der Waals surface area contributed by atoms with Gasteiger partial charge in [0.15, 0.2) is 0 Å². The van der Waals surface area contributed by atoms with E-state index in [-0.39, 0.29) is 11.8 Å². The van der Waals surface area contributed by atoms with Crippen LogP contribution in [-0.2, 0) is 14.3 Å². The third kappa shape index (κ3) is 7.06. The van der Waals surface area contributed by atoms with E-state index in [2.05, 4.69) is 15.9 Å². The van der Waals surface area contributed by atoms with Gasteiger partial charge in [-0.25, -0.2) is 0 Å². The summed E-state index contributed by atoms with van der Waals surface area (Å²) in [6.45, 7) is 8.12. The molecule has 0 saturated carbocycles. The van der Waals surface area contributed by atoms with Crippen molar-refractivity contribution in [1.29, 1.82) is 0 Å². The lowest BCUT2D eigenvalue weighted by atomic mass is 9.80. The van der Waals surface area contributed by atoms with Crippen molar-refractivity contribution in [3.63, 3.8) is 0 Å². The number of carbonyl (C=O) groups is 2. The fourth-order valence-electron chi connectivity index (χ4n) is 1.59. The average Bonchev–Trinajstić information content (AvgIpc) is 2.13. The highest BCUT2D eigenvalue weighted by molar-refractivity contribution is 9.10. The van der Waals surface area contributed by atoms with E-state index in [4.69, 9.17) is 4.74 Å². The van der Waals surface area contributed by atoms with Crippen molar-refractivity contribution in [3.05, 3.63) is 0 Å². The van der Waals surface area contributed by atoms with Crippen molar-refractivity contribution < 1.29 is 18.8 Å². The lowest BCUT2D eigenvalue weighted by Gasteiger charge is -2.30. The number of alkyl halides is 1. The second kappa shape index (κ2) is 6.35. The molecule has 19 heavy (non-hydrogen) atoms. The van der Waals surface area contributed by atoms with Crippen LogP contribution in [-0.4, -0.2) is 54.9 Å². The molecule has 0 radical (unpaired) electrons. The zero-order valence-electron chi connectivity index (χ0n) is 13.2. The maximum atomic E-state index is 12.1. The molecule has 0 spiro atoms. The van der Waals surface area contributed by atoms with Gasteiger partial charge in [0, 0.05) is 5.41 Å². The lowest BCUT2D eigenvalue weighted by Crippen LogP contribution is -2.41. The Bertz CT molecular complexity index is 343. The molecular formula is C14H27BrNO3+. The summed E-state index contributed by atoms with van der Waals surface area (Å²) in [5, 5.41) is 0. The number of ketones is 1. The minimum Gasteiger partial charge on any atom is -0.459 e. The van der Waals surface area contributed by atoms with E-state index in [0.717, 1.165) is 11.0 Å². The van der Waals surface area contributed by atoms with Gasteiger partial charge >= 0.3 is 5.97 Å². The van der Waals surface area contributed by atoms with Crippen molar-refractivity contribution in [2.24, 2.45) is 5.41 Å². The third-order valence-corrected chi connectivity index (χ3v) is 3.75. The summed E-state index contributed by atoms with van der Waals surface area (Å²) in [4.78, 5) is 23.6. The molecule has 0 fully saturated rings. The molecule has 0 bridgehead atoms. The largest absolute Gasteiger partial charge is 0.459 e. The van der Waals surface area contributed by atoms with Gasteiger partial charge in [0.05, 0.1) is 21.1 Å². The predicted molar refractivity (Wildman–Crippen MR) is 80.3 cm³/mol. The van der Waals surface area contributed by atoms with Gasteiger partial charge in [-0.05, 0) is 20.3 Å². The topological polar surface area (TPSA) is 43.4 Å². The minimum absolute atomic E-state index is 0.0670. The van der Waals surface area contributed by atoms with Crippen LogP contribution in [0.25, 0.3) is 0 Å². The van der Waals surface area contributed by atoms with Crippen LogP contribution in [0, 0.1) is 5.41 Å². The number of halogens is 1. The average molecular weight is 337 g/mol. The first-order valence-electron chi connectivity index (χ1n) is 6.46. The van der Waals surface area contributed by atoms with Crippen molar-refractivity contribution in [3.8, 4) is 0 Å². The van der Waals surface area contributed by atoms with Gasteiger partial charge in [-0.2, -0.15) is 0 Å². The molecule has 4 nitrogen and oxygen atoms in total. The molecule has 0 aliphatic carbocycles. The number of ether oxygens (including phenoxy) is 1. The molecule has 0 aliphatic rings. The number of hydrogen-bond donors (Lipinski definition) is 0. The molecule has 0 amide bonds. The zero-order valence-corrected chi connectivity index (χ0v) is 14.8. The number of quaternary nitrogens is 1. The Labute approximate surface area is 125 Å². The van der Waals surface area contributed by atoms with Crippen molar-refractivity contribution in [2.45, 2.75) is 38.4 Å². The number of esters is 1. The number of rotatable bonds is 7. The van der Waals surface area contributed by atoms with Crippen LogP contribution < -0.4 is 0 Å². The maximum Gasteiger partial charge on any atom is 0.322 e. The van der Waals surface area contributed by atoms with Gasteiger partial charge in [-0.1, -0.05) is 29.8 Å². The number of hydrogen-bond acceptors (Lipinski definition) is 3. The van der Waals surface area contributed by atoms with Crippen molar-refractivity contribution >= 4 is 27.7 Å². The first-order chi connectivity index (χ1) is 8.28. The first-order valence-corrected chi connectivity index (χ1v) is 7.25. The molecule has 0 saturated heterocycles. The zero-order chi connectivity index (χ0) is 15.5. The summed E-state index contributed by atoms with van der Waals surface area (Å²) in [5.41, 5.74) is -0.544. The Kier molecular flexibility index (Phi) is 6.21. The Hall–Kier alpha value is -0.420. The molecule has 5 heteroatoms. The quantitative estimate of drug-likeness (QED) is 0.407. The monoisotopic (exact) mass is 336 g/mol. The van der Waals surface area contributed by atoms with Crippen LogP contribution >= 0.6 is 15.9 Å². The molecule has 0 heterocycles. The summed E-state index contributed by atoms with van der Waals surface area (Å²) in [5.74, 6) is -0.243. The standard InChI is InChI=1S/C14H27BrNO3/c1-11(17)13(2,3)10-14(4,15)12(18)19-9-8-16(5,6)7/h8-10H2,1-7H3/q+1. The van der Waals surface area contributed by atoms with Gasteiger partial charge in [0.2, 0.25) is 0 Å². The molecule has 0 aromatic heterocycles. The second-order valence-electron chi connectivity index (χ2n) is 6.96. The highest BCUT2D eigenvalue weighted by Crippen LogP contribution is 2.35. The van der Waals surface area contributed by atoms with Crippen LogP contribution in [0.5, 0.6) is 0 Å². The molecule has 1 atom stereocenters. The van der Waals surface area contributed by atoms with Crippen LogP contribution in [0.3, 0.4) is 0 Å². The Morgan fingerprint density at radius 2 is 1.63 bits per heavy atom. The van der Waals surface area contributed by atoms with Crippen LogP contribution in [0.1, 0.15) is 34.1 Å². The van der Waals surface area contributed by atoms with E-state index in [9.17, 15) is 9.59 Å². The number of Topliss-reactive ketones (excluding diaryl/α,β-unsaturated/α-hetero) is 1. The van der Waals surface area contributed by atoms with Gasteiger partial charge in [-0.15, -0.1) is 0 Å². The summed E-state index contributed by atoms with van der Waals surface area (Å²) < 4.78 is 5.21. The highest BCUT2D eigenvalue weighted by atomic mass is 79.9. The number of carbonyl (C=O) groups excluding carboxylic acids is 2. The van der Waals surface area contributed by atoms with Gasteiger partial charge in [-0.3, -0.25) is 9.59 Å². The van der Waals surface area contributed by atoms with Crippen LogP contribution in [0.15, 0.2) is 0 Å². The SMILES string of the molecule is CC(=O)C(C)(C)CC(C)(Br)C(=O)OCC[N+](C)(C)C. The summed E-state index contributed by atoms with van der Waals surface area (Å²) >= 11 is 3.40. The Balaban J connectivity index is 4.49. The maximum absolute atomic E-state index is 12.1. The molecular weight excluding hydrogens is 310 g/mol. The van der Waals surface area contributed by atoms with E-state index < -0.39 is 9.74 Å². The van der Waals surface area contributed by atoms with Gasteiger partial charge in [0.25, 0.3) is 0 Å². The van der Waals surface area contributed by atoms with E-state index in [1.54, 1.807) is 13.8 Å². The molecule has 1 unspecified atom stereocenters. The minimum atomic E-state index is -0.826. The molecule has 0 N–H and O–H groups in total. The van der Waals surface area contributed by atoms with E-state index in [1.807, 2.05) is 35.0 Å². The fraction of sp³-hybridized carbons (Fsp3) is 0.857. The normalized spacial score (nSPS) is 15.8. The molecule has 112 valence electrons. The first kappa shape index (κ1) is 18.6. The van der Waals surface area contributed by atoms with Crippen molar-refractivity contribution in [2.75, 3.05) is 34.3 Å². The highest BCUT2D eigenvalue weighted by Gasteiger charge is 2.40. The number of likely N-dealkylation sites (N-methyl/N-ethyl adjacent to an activating group) is 1. The second-order valence-corrected chi connectivity index (χ2v) is 8.71. The third-order valence-electron chi connectivity index (χ3n) is 3.15. The summed E-state index contributed by atoms with van der Waals surface area (Å²) in [6.07, 6.45) is 0.415. The van der Waals surface area contributed by atoms with E-state index in [0.29, 0.717) is 13.0 Å².